The third-order valence-electron chi connectivity index (χ3n) is 9.99. The molecule has 6 N–H and O–H groups in total. The van der Waals surface area contributed by atoms with Gasteiger partial charge in [-0.25, -0.2) is 0 Å². The SMILES string of the molecule is Cc1ccc(Nc2nc(Nc3ccc(C=Cc4ccc(Nc5nc(Nc6ccc(C)cc6)nc(N6CCOCC6)n5)cc4S(=O)(=O)O)c(S(=O)(=O)O)c3)nc(N3CCOCC3)n2)cc1.[Na].[Na]. The molecule has 6 aromatic rings. The molecule has 20 nitrogen and oxygen atoms in total. The Morgan fingerprint density at radius 3 is 1.11 bits per heavy atom. The Kier molecular flexibility index (Phi) is 17.1. The molecule has 8 rings (SSSR count). The molecule has 2 fully saturated rings. The predicted octanol–water partition coefficient (Wildman–Crippen LogP) is 5.22. The minimum Gasteiger partial charge on any atom is -0.378 e. The van der Waals surface area contributed by atoms with E-state index in [0.717, 1.165) is 22.5 Å². The Balaban J connectivity index is 0.00000360. The molecule has 0 bridgehead atoms. The third kappa shape index (κ3) is 13.4. The average Bonchev–Trinajstić information content (AvgIpc) is 3.27. The number of rotatable bonds is 14. The van der Waals surface area contributed by atoms with Crippen molar-refractivity contribution in [2.24, 2.45) is 0 Å². The molecule has 4 heterocycles. The molecule has 2 radical (unpaired) electrons. The molecular weight excluding hydrogens is 911 g/mol. The summed E-state index contributed by atoms with van der Waals surface area (Å²) in [6.07, 6.45) is 2.60. The van der Waals surface area contributed by atoms with Gasteiger partial charge in [0.2, 0.25) is 35.7 Å². The maximum atomic E-state index is 12.8. The topological polar surface area (TPSA) is 259 Å². The van der Waals surface area contributed by atoms with Crippen LogP contribution in [0.4, 0.5) is 58.4 Å². The van der Waals surface area contributed by atoms with Gasteiger partial charge in [0.15, 0.2) is 0 Å². The molecule has 66 heavy (non-hydrogen) atoms. The van der Waals surface area contributed by atoms with E-state index in [1.54, 1.807) is 0 Å². The summed E-state index contributed by atoms with van der Waals surface area (Å²) in [5.41, 5.74) is 4.09. The van der Waals surface area contributed by atoms with Crippen molar-refractivity contribution in [1.82, 2.24) is 29.9 Å². The molecule has 24 heteroatoms. The zero-order valence-corrected chi connectivity index (χ0v) is 42.3. The number of aromatic nitrogens is 6. The van der Waals surface area contributed by atoms with E-state index >= 15 is 0 Å². The van der Waals surface area contributed by atoms with Gasteiger partial charge in [-0.2, -0.15) is 46.7 Å². The summed E-state index contributed by atoms with van der Waals surface area (Å²) < 4.78 is 82.8. The van der Waals surface area contributed by atoms with E-state index in [-0.39, 0.29) is 105 Å². The first-order valence-electron chi connectivity index (χ1n) is 20.0. The van der Waals surface area contributed by atoms with Crippen molar-refractivity contribution in [2.75, 3.05) is 83.7 Å². The summed E-state index contributed by atoms with van der Waals surface area (Å²) in [4.78, 5) is 30.3. The van der Waals surface area contributed by atoms with Gasteiger partial charge >= 0.3 is 0 Å². The van der Waals surface area contributed by atoms with Crippen LogP contribution >= 0.6 is 0 Å². The largest absolute Gasteiger partial charge is 0.378 e. The molecule has 4 aromatic carbocycles. The molecular formula is C42H44N12Na2O8S2. The van der Waals surface area contributed by atoms with Crippen molar-refractivity contribution in [1.29, 1.82) is 0 Å². The maximum Gasteiger partial charge on any atom is 0.295 e. The van der Waals surface area contributed by atoms with E-state index < -0.39 is 30.0 Å². The number of ether oxygens (including phenoxy) is 2. The standard InChI is InChI=1S/C42H44N12O8S2.2Na/c1-27-3-11-31(12-4-27)43-37-47-39(51-41(49-37)53-17-21-61-22-18-53)45-33-15-9-29(35(25-33)63(55,56)57)7-8-30-10-16-34(26-36(30)64(58,59)60)46-40-48-38(44-32-13-5-28(2)6-14-32)50-42(52-40)54-19-23-62-24-20-54;;/h3-16,25-26H,17-24H2,1-2H3,(H,55,56,57)(H,58,59,60)(H2,43,45,47,49,51)(H2,44,46,48,50,52);;. The summed E-state index contributed by atoms with van der Waals surface area (Å²) >= 11 is 0. The van der Waals surface area contributed by atoms with Gasteiger partial charge < -0.3 is 40.5 Å². The molecule has 0 unspecified atom stereocenters. The van der Waals surface area contributed by atoms with Crippen LogP contribution in [0.25, 0.3) is 12.2 Å². The number of benzene rings is 4. The Labute approximate surface area is 426 Å². The molecule has 2 aromatic heterocycles. The second kappa shape index (κ2) is 22.3. The zero-order chi connectivity index (χ0) is 44.8. The fourth-order valence-electron chi connectivity index (χ4n) is 6.68. The van der Waals surface area contributed by atoms with Gasteiger partial charge in [-0.3, -0.25) is 9.11 Å². The summed E-state index contributed by atoms with van der Waals surface area (Å²) in [5, 5.41) is 12.4. The number of hydrogen-bond acceptors (Lipinski definition) is 18. The number of hydrogen-bond donors (Lipinski definition) is 6. The monoisotopic (exact) mass is 954 g/mol. The van der Waals surface area contributed by atoms with Crippen molar-refractivity contribution in [2.45, 2.75) is 23.6 Å². The van der Waals surface area contributed by atoms with Gasteiger partial charge in [-0.1, -0.05) is 59.7 Å². The molecule has 334 valence electrons. The van der Waals surface area contributed by atoms with Crippen molar-refractivity contribution in [3.8, 4) is 0 Å². The van der Waals surface area contributed by atoms with Crippen molar-refractivity contribution in [3.63, 3.8) is 0 Å². The third-order valence-corrected chi connectivity index (χ3v) is 11.8. The summed E-state index contributed by atoms with van der Waals surface area (Å²) in [6.45, 7) is 8.07. The van der Waals surface area contributed by atoms with Gasteiger partial charge in [-0.05, 0) is 73.5 Å². The summed E-state index contributed by atoms with van der Waals surface area (Å²) in [7, 11) is -9.68. The normalized spacial score (nSPS) is 14.2. The van der Waals surface area contributed by atoms with Crippen molar-refractivity contribution >= 4 is 150 Å². The summed E-state index contributed by atoms with van der Waals surface area (Å²) in [5.74, 6) is 1.39. The fraction of sp³-hybridized carbons (Fsp3) is 0.238. The molecule has 0 spiro atoms. The molecule has 2 saturated heterocycles. The van der Waals surface area contributed by atoms with Crippen molar-refractivity contribution < 1.29 is 35.4 Å². The predicted molar refractivity (Wildman–Crippen MR) is 254 cm³/mol. The van der Waals surface area contributed by atoms with Crippen LogP contribution in [0, 0.1) is 13.8 Å². The number of nitrogens with one attached hydrogen (secondary N) is 4. The molecule has 0 atom stereocenters. The smallest absolute Gasteiger partial charge is 0.295 e. The number of morpholine rings is 2. The Morgan fingerprint density at radius 1 is 0.485 bits per heavy atom. The van der Waals surface area contributed by atoms with Crippen LogP contribution in [0.5, 0.6) is 0 Å². The second-order valence-electron chi connectivity index (χ2n) is 14.8. The quantitative estimate of drug-likeness (QED) is 0.0464. The second-order valence-corrected chi connectivity index (χ2v) is 17.6. The minimum absolute atomic E-state index is 0. The molecule has 0 aliphatic carbocycles. The van der Waals surface area contributed by atoms with Crippen LogP contribution in [0.3, 0.4) is 0 Å². The van der Waals surface area contributed by atoms with E-state index in [1.165, 1.54) is 48.6 Å². The van der Waals surface area contributed by atoms with E-state index in [1.807, 2.05) is 72.2 Å². The number of nitrogens with zero attached hydrogens (tertiary/aromatic N) is 8. The first kappa shape index (κ1) is 50.6. The van der Waals surface area contributed by atoms with Crippen LogP contribution in [0.1, 0.15) is 22.3 Å². The van der Waals surface area contributed by atoms with Gasteiger partial charge in [0.25, 0.3) is 20.2 Å². The van der Waals surface area contributed by atoms with E-state index in [0.29, 0.717) is 64.5 Å². The average molecular weight is 955 g/mol. The Hall–Kier alpha value is -4.82. The van der Waals surface area contributed by atoms with Crippen LogP contribution in [0.15, 0.2) is 94.7 Å². The van der Waals surface area contributed by atoms with E-state index in [2.05, 4.69) is 51.2 Å². The molecule has 2 aliphatic rings. The van der Waals surface area contributed by atoms with Gasteiger partial charge in [0.05, 0.1) is 26.4 Å². The van der Waals surface area contributed by atoms with Crippen LogP contribution in [-0.2, 0) is 29.7 Å². The maximum absolute atomic E-state index is 12.8. The number of aryl methyl sites for hydroxylation is 2. The molecule has 0 amide bonds. The van der Waals surface area contributed by atoms with E-state index in [9.17, 15) is 25.9 Å². The minimum atomic E-state index is -4.84. The first-order valence-corrected chi connectivity index (χ1v) is 22.9. The van der Waals surface area contributed by atoms with Gasteiger partial charge in [0.1, 0.15) is 9.79 Å². The van der Waals surface area contributed by atoms with Gasteiger partial charge in [0, 0.05) is 108 Å². The first-order chi connectivity index (χ1) is 30.7. The molecule has 0 saturated carbocycles. The zero-order valence-electron chi connectivity index (χ0n) is 36.6. The van der Waals surface area contributed by atoms with Gasteiger partial charge in [-0.15, -0.1) is 0 Å². The Morgan fingerprint density at radius 2 is 0.788 bits per heavy atom. The summed E-state index contributed by atoms with van der Waals surface area (Å²) in [6, 6.07) is 23.6. The van der Waals surface area contributed by atoms with Crippen LogP contribution in [-0.4, -0.2) is 168 Å². The number of anilines is 10. The fourth-order valence-corrected chi connectivity index (χ4v) is 8.10. The molecule has 2 aliphatic heterocycles. The van der Waals surface area contributed by atoms with Crippen LogP contribution < -0.4 is 31.1 Å². The van der Waals surface area contributed by atoms with E-state index in [4.69, 9.17) is 9.47 Å². The Bertz CT molecular complexity index is 2710. The van der Waals surface area contributed by atoms with Crippen molar-refractivity contribution in [3.05, 3.63) is 107 Å². The van der Waals surface area contributed by atoms with Crippen LogP contribution in [0.2, 0.25) is 0 Å².